The van der Waals surface area contributed by atoms with Crippen LogP contribution in [0.15, 0.2) is 72.8 Å². The number of methoxy groups -OCH3 is 2. The van der Waals surface area contributed by atoms with Crippen molar-refractivity contribution in [3.63, 3.8) is 0 Å². The van der Waals surface area contributed by atoms with E-state index in [0.29, 0.717) is 42.5 Å². The topological polar surface area (TPSA) is 207 Å². The fourth-order valence-electron chi connectivity index (χ4n) is 9.98. The second-order valence-electron chi connectivity index (χ2n) is 17.7. The van der Waals surface area contributed by atoms with Gasteiger partial charge in [-0.2, -0.15) is 13.2 Å². The van der Waals surface area contributed by atoms with Crippen LogP contribution in [-0.4, -0.2) is 85.0 Å². The highest BCUT2D eigenvalue weighted by Gasteiger charge is 2.53. The average Bonchev–Trinajstić information content (AvgIpc) is 4.05. The zero-order chi connectivity index (χ0) is 47.6. The third-order valence-corrected chi connectivity index (χ3v) is 13.3. The van der Waals surface area contributed by atoms with E-state index in [4.69, 9.17) is 20.9 Å². The smallest absolute Gasteiger partial charge is 0.416 e. The van der Waals surface area contributed by atoms with Crippen LogP contribution >= 0.6 is 0 Å². The number of likely N-dealkylation sites (tertiary alicyclic amines) is 2. The third-order valence-electron chi connectivity index (χ3n) is 13.3. The molecule has 3 aromatic carbocycles. The number of rotatable bonds is 13. The third kappa shape index (κ3) is 9.03. The molecule has 0 aromatic heterocycles. The second kappa shape index (κ2) is 19.0. The van der Waals surface area contributed by atoms with E-state index in [0.717, 1.165) is 23.3 Å². The number of benzene rings is 3. The molecule has 15 nitrogen and oxygen atoms in total. The fourth-order valence-corrected chi connectivity index (χ4v) is 9.98. The minimum Gasteiger partial charge on any atom is -0.453 e. The number of nitrogens with two attached hydrogens (primary N) is 2. The van der Waals surface area contributed by atoms with Gasteiger partial charge in [0.25, 0.3) is 0 Å². The summed E-state index contributed by atoms with van der Waals surface area (Å²) in [7, 11) is 2.38. The summed E-state index contributed by atoms with van der Waals surface area (Å²) in [5.41, 5.74) is 11.5. The number of carbonyl (C=O) groups excluding carboxylic acids is 6. The maximum Gasteiger partial charge on any atom is 0.416 e. The van der Waals surface area contributed by atoms with Crippen LogP contribution in [0.3, 0.4) is 0 Å². The van der Waals surface area contributed by atoms with Gasteiger partial charge in [0.15, 0.2) is 0 Å². The molecule has 65 heavy (non-hydrogen) atoms. The van der Waals surface area contributed by atoms with Crippen molar-refractivity contribution < 1.29 is 51.4 Å². The lowest BCUT2D eigenvalue weighted by molar-refractivity contribution is -0.146. The Labute approximate surface area is 376 Å². The summed E-state index contributed by atoms with van der Waals surface area (Å²) in [6, 6.07) is 16.6. The van der Waals surface area contributed by atoms with Gasteiger partial charge >= 0.3 is 18.4 Å². The molecule has 3 saturated heterocycles. The molecule has 3 fully saturated rings. The number of nitrogens with one attached hydrogen (secondary N) is 2. The van der Waals surface area contributed by atoms with E-state index >= 15 is 0 Å². The summed E-state index contributed by atoms with van der Waals surface area (Å²) in [6.07, 6.45) is -3.53. The molecule has 18 heteroatoms. The standard InChI is InChI=1S/C47H58F3N7O8/c1-27(2)37(53-43(62)64-5)39(58)55-25-7-23-45(55,41(51)60)31-13-9-29(10-14-31)35-21-22-36(57(35)34-19-17-33(18-20-34)47(48,49)50)30-11-15-32(16-12-30)46(42(52)61)24-8-26-56(46)40(59)38(28(3)4)54-44(63)65-6/h9-20,27-28,35-38H,7-8,21-26H2,1-6H3,(H2,51,60)(H2,52,61)(H,53,62)(H,54,63)/t35-,36-,37+,38+,45+,46+/m1/s1. The average molecular weight is 906 g/mol. The maximum atomic E-state index is 14.1. The van der Waals surface area contributed by atoms with E-state index in [1.54, 1.807) is 52.0 Å². The van der Waals surface area contributed by atoms with Crippen LogP contribution in [0, 0.1) is 11.8 Å². The number of hydrogen-bond acceptors (Lipinski definition) is 9. The van der Waals surface area contributed by atoms with Crippen molar-refractivity contribution in [3.8, 4) is 0 Å². The van der Waals surface area contributed by atoms with Crippen molar-refractivity contribution in [3.05, 3.63) is 101 Å². The number of alkyl carbamates (subject to hydrolysis) is 2. The predicted molar refractivity (Wildman–Crippen MR) is 233 cm³/mol. The van der Waals surface area contributed by atoms with Crippen LogP contribution in [0.4, 0.5) is 28.4 Å². The number of primary amides is 2. The Morgan fingerprint density at radius 2 is 1.00 bits per heavy atom. The number of nitrogens with zero attached hydrogens (tertiary/aromatic N) is 3. The molecule has 6 amide bonds. The molecule has 6 N–H and O–H groups in total. The summed E-state index contributed by atoms with van der Waals surface area (Å²) in [4.78, 5) is 84.4. The predicted octanol–water partition coefficient (Wildman–Crippen LogP) is 6.16. The molecule has 3 aliphatic rings. The minimum absolute atomic E-state index is 0.223. The molecule has 6 rings (SSSR count). The number of carbonyl (C=O) groups is 6. The lowest BCUT2D eigenvalue weighted by Crippen LogP contribution is -2.59. The molecule has 0 unspecified atom stereocenters. The van der Waals surface area contributed by atoms with Crippen molar-refractivity contribution in [1.82, 2.24) is 20.4 Å². The zero-order valence-electron chi connectivity index (χ0n) is 37.4. The first-order chi connectivity index (χ1) is 30.7. The Hall–Kier alpha value is -6.33. The van der Waals surface area contributed by atoms with E-state index in [9.17, 15) is 41.9 Å². The highest BCUT2D eigenvalue weighted by molar-refractivity contribution is 5.96. The molecule has 0 spiro atoms. The Kier molecular flexibility index (Phi) is 14.1. The van der Waals surface area contributed by atoms with Crippen molar-refractivity contribution >= 4 is 41.5 Å². The maximum absolute atomic E-state index is 14.1. The van der Waals surface area contributed by atoms with Crippen LogP contribution in [-0.2, 0) is 45.9 Å². The highest BCUT2D eigenvalue weighted by atomic mass is 19.4. The number of hydrogen-bond donors (Lipinski definition) is 4. The first-order valence-electron chi connectivity index (χ1n) is 21.8. The van der Waals surface area contributed by atoms with E-state index in [1.807, 2.05) is 29.2 Å². The Balaban J connectivity index is 1.35. The molecule has 3 aliphatic heterocycles. The van der Waals surface area contributed by atoms with Crippen LogP contribution in [0.25, 0.3) is 0 Å². The van der Waals surface area contributed by atoms with E-state index in [2.05, 4.69) is 10.6 Å². The SMILES string of the molecule is COC(=O)N[C@H](C(=O)N1CCC[C@@]1(C(N)=O)c1ccc([C@H]2CC[C@H](c3ccc([C@]4(C(N)=O)CCCN4C(=O)[C@@H](NC(=O)OC)C(C)C)cc3)N2c2ccc(C(F)(F)F)cc2)cc1)C(C)C. The van der Waals surface area contributed by atoms with Gasteiger partial charge < -0.3 is 46.3 Å². The van der Waals surface area contributed by atoms with Crippen LogP contribution in [0.2, 0.25) is 0 Å². The quantitative estimate of drug-likeness (QED) is 0.155. The number of halogens is 3. The molecule has 3 heterocycles. The molecular formula is C47H58F3N7O8. The van der Waals surface area contributed by atoms with Crippen LogP contribution < -0.4 is 27.0 Å². The normalized spacial score (nSPS) is 23.0. The summed E-state index contributed by atoms with van der Waals surface area (Å²) in [5.74, 6) is -3.10. The number of ether oxygens (including phenoxy) is 2. The Morgan fingerprint density at radius 3 is 1.31 bits per heavy atom. The Morgan fingerprint density at radius 1 is 0.631 bits per heavy atom. The van der Waals surface area contributed by atoms with Crippen LogP contribution in [0.1, 0.15) is 106 Å². The van der Waals surface area contributed by atoms with E-state index in [1.165, 1.54) is 36.2 Å². The summed E-state index contributed by atoms with van der Waals surface area (Å²) in [5, 5.41) is 5.17. The number of anilines is 1. The first kappa shape index (κ1) is 48.1. The number of amides is 6. The van der Waals surface area contributed by atoms with Gasteiger partial charge in [-0.3, -0.25) is 19.2 Å². The summed E-state index contributed by atoms with van der Waals surface area (Å²) < 4.78 is 50.8. The number of alkyl halides is 3. The fraction of sp³-hybridized carbons (Fsp3) is 0.489. The molecule has 0 radical (unpaired) electrons. The molecule has 350 valence electrons. The largest absolute Gasteiger partial charge is 0.453 e. The monoisotopic (exact) mass is 905 g/mol. The zero-order valence-corrected chi connectivity index (χ0v) is 37.4. The van der Waals surface area contributed by atoms with Crippen molar-refractivity contribution in [1.29, 1.82) is 0 Å². The molecule has 0 aliphatic carbocycles. The lowest BCUT2D eigenvalue weighted by atomic mass is 9.84. The van der Waals surface area contributed by atoms with Gasteiger partial charge in [-0.05, 0) is 96.9 Å². The Bertz CT molecular complexity index is 2130. The van der Waals surface area contributed by atoms with Crippen LogP contribution in [0.5, 0.6) is 0 Å². The van der Waals surface area contributed by atoms with E-state index < -0.39 is 70.7 Å². The van der Waals surface area contributed by atoms with Gasteiger partial charge in [-0.15, -0.1) is 0 Å². The van der Waals surface area contributed by atoms with Gasteiger partial charge in [0, 0.05) is 18.8 Å². The summed E-state index contributed by atoms with van der Waals surface area (Å²) >= 11 is 0. The summed E-state index contributed by atoms with van der Waals surface area (Å²) in [6.45, 7) is 7.51. The van der Waals surface area contributed by atoms with Crippen molar-refractivity contribution in [2.45, 2.75) is 108 Å². The van der Waals surface area contributed by atoms with Gasteiger partial charge in [0.1, 0.15) is 23.2 Å². The molecule has 6 atom stereocenters. The molecule has 0 bridgehead atoms. The van der Waals surface area contributed by atoms with Gasteiger partial charge in [-0.1, -0.05) is 76.2 Å². The highest BCUT2D eigenvalue weighted by Crippen LogP contribution is 2.49. The molecule has 0 saturated carbocycles. The second-order valence-corrected chi connectivity index (χ2v) is 17.7. The first-order valence-corrected chi connectivity index (χ1v) is 21.8. The van der Waals surface area contributed by atoms with Crippen molar-refractivity contribution in [2.75, 3.05) is 32.2 Å². The van der Waals surface area contributed by atoms with Gasteiger partial charge in [-0.25, -0.2) is 9.59 Å². The van der Waals surface area contributed by atoms with E-state index in [-0.39, 0.29) is 49.9 Å². The minimum atomic E-state index is -4.55. The van der Waals surface area contributed by atoms with Crippen molar-refractivity contribution in [2.24, 2.45) is 23.3 Å². The lowest BCUT2D eigenvalue weighted by Gasteiger charge is -2.39. The molecule has 3 aromatic rings. The van der Waals surface area contributed by atoms with Gasteiger partial charge in [0.05, 0.1) is 31.9 Å². The molecular weight excluding hydrogens is 848 g/mol. The van der Waals surface area contributed by atoms with Gasteiger partial charge in [0.2, 0.25) is 23.6 Å².